The Labute approximate surface area is 165 Å². The number of aromatic nitrogens is 3. The average molecular weight is 384 g/mol. The van der Waals surface area contributed by atoms with E-state index in [1.165, 1.54) is 5.56 Å². The SMILES string of the molecule is Cn1nc(C2CCNCC2)nc1NC(=O)C1CN(Cc2ccccc2)CCO1. The summed E-state index contributed by atoms with van der Waals surface area (Å²) in [5.74, 6) is 1.49. The van der Waals surface area contributed by atoms with Gasteiger partial charge in [-0.1, -0.05) is 30.3 Å². The van der Waals surface area contributed by atoms with E-state index in [0.29, 0.717) is 25.0 Å². The van der Waals surface area contributed by atoms with Crippen molar-refractivity contribution in [3.8, 4) is 0 Å². The van der Waals surface area contributed by atoms with Crippen LogP contribution >= 0.6 is 0 Å². The number of rotatable bonds is 5. The molecule has 0 radical (unpaired) electrons. The van der Waals surface area contributed by atoms with Gasteiger partial charge in [0.05, 0.1) is 6.61 Å². The summed E-state index contributed by atoms with van der Waals surface area (Å²) in [6.45, 7) is 4.72. The minimum Gasteiger partial charge on any atom is -0.366 e. The molecule has 28 heavy (non-hydrogen) atoms. The molecule has 2 fully saturated rings. The lowest BCUT2D eigenvalue weighted by molar-refractivity contribution is -0.133. The molecule has 150 valence electrons. The van der Waals surface area contributed by atoms with Gasteiger partial charge < -0.3 is 10.1 Å². The van der Waals surface area contributed by atoms with E-state index >= 15 is 0 Å². The normalized spacial score (nSPS) is 21.5. The fraction of sp³-hybridized carbons (Fsp3) is 0.550. The van der Waals surface area contributed by atoms with Crippen molar-refractivity contribution in [2.75, 3.05) is 38.1 Å². The zero-order valence-corrected chi connectivity index (χ0v) is 16.3. The summed E-state index contributed by atoms with van der Waals surface area (Å²) in [5, 5.41) is 10.8. The van der Waals surface area contributed by atoms with Crippen molar-refractivity contribution in [3.63, 3.8) is 0 Å². The number of amides is 1. The van der Waals surface area contributed by atoms with Crippen LogP contribution < -0.4 is 10.6 Å². The van der Waals surface area contributed by atoms with Crippen molar-refractivity contribution in [1.29, 1.82) is 0 Å². The van der Waals surface area contributed by atoms with Gasteiger partial charge in [0, 0.05) is 32.6 Å². The molecule has 2 N–H and O–H groups in total. The predicted octanol–water partition coefficient (Wildman–Crippen LogP) is 1.12. The molecule has 1 atom stereocenters. The number of ether oxygens (including phenoxy) is 1. The Bertz CT molecular complexity index is 787. The topological polar surface area (TPSA) is 84.3 Å². The standard InChI is InChI=1S/C20H28N6O2/c1-25-20(22-18(24-25)16-7-9-21-10-8-16)23-19(27)17-14-26(11-12-28-17)13-15-5-3-2-4-6-15/h2-6,16-17,21H,7-14H2,1H3,(H,22,23,24,27). The summed E-state index contributed by atoms with van der Waals surface area (Å²) in [6.07, 6.45) is 1.55. The van der Waals surface area contributed by atoms with E-state index in [1.54, 1.807) is 4.68 Å². The maximum Gasteiger partial charge on any atom is 0.257 e. The van der Waals surface area contributed by atoms with Crippen LogP contribution in [0.25, 0.3) is 0 Å². The van der Waals surface area contributed by atoms with E-state index < -0.39 is 6.10 Å². The summed E-state index contributed by atoms with van der Waals surface area (Å²) in [5.41, 5.74) is 1.24. The van der Waals surface area contributed by atoms with Crippen LogP contribution in [0.2, 0.25) is 0 Å². The van der Waals surface area contributed by atoms with Gasteiger partial charge in [0.1, 0.15) is 6.10 Å². The Morgan fingerprint density at radius 2 is 2.07 bits per heavy atom. The van der Waals surface area contributed by atoms with Crippen molar-refractivity contribution in [3.05, 3.63) is 41.7 Å². The molecule has 2 aliphatic heterocycles. The van der Waals surface area contributed by atoms with E-state index in [9.17, 15) is 4.79 Å². The van der Waals surface area contributed by atoms with Crippen LogP contribution in [0.1, 0.15) is 30.1 Å². The molecule has 1 aromatic heterocycles. The highest BCUT2D eigenvalue weighted by atomic mass is 16.5. The first-order valence-corrected chi connectivity index (χ1v) is 9.99. The molecule has 8 nitrogen and oxygen atoms in total. The summed E-state index contributed by atoms with van der Waals surface area (Å²) >= 11 is 0. The minimum absolute atomic E-state index is 0.162. The van der Waals surface area contributed by atoms with Crippen molar-refractivity contribution < 1.29 is 9.53 Å². The third kappa shape index (κ3) is 4.57. The number of nitrogens with zero attached hydrogens (tertiary/aromatic N) is 4. The predicted molar refractivity (Wildman–Crippen MR) is 106 cm³/mol. The largest absolute Gasteiger partial charge is 0.366 e. The molecular formula is C20H28N6O2. The number of hydrogen-bond donors (Lipinski definition) is 2. The molecule has 2 aliphatic rings. The van der Waals surface area contributed by atoms with Gasteiger partial charge in [0.25, 0.3) is 5.91 Å². The molecule has 1 unspecified atom stereocenters. The number of morpholine rings is 1. The van der Waals surface area contributed by atoms with E-state index in [1.807, 2.05) is 25.2 Å². The number of piperidine rings is 1. The van der Waals surface area contributed by atoms with Gasteiger partial charge in [0.15, 0.2) is 5.82 Å². The van der Waals surface area contributed by atoms with Crippen LogP contribution in [0.5, 0.6) is 0 Å². The van der Waals surface area contributed by atoms with Crippen LogP contribution in [0.3, 0.4) is 0 Å². The highest BCUT2D eigenvalue weighted by Gasteiger charge is 2.28. The molecule has 1 amide bonds. The summed E-state index contributed by atoms with van der Waals surface area (Å²) in [4.78, 5) is 19.6. The number of aryl methyl sites for hydroxylation is 1. The number of carbonyl (C=O) groups is 1. The first-order valence-electron chi connectivity index (χ1n) is 9.99. The third-order valence-electron chi connectivity index (χ3n) is 5.41. The quantitative estimate of drug-likeness (QED) is 0.804. The molecule has 4 rings (SSSR count). The Morgan fingerprint density at radius 3 is 2.86 bits per heavy atom. The maximum absolute atomic E-state index is 12.7. The second-order valence-electron chi connectivity index (χ2n) is 7.51. The Balaban J connectivity index is 1.36. The fourth-order valence-electron chi connectivity index (χ4n) is 3.80. The van der Waals surface area contributed by atoms with Crippen molar-refractivity contribution >= 4 is 11.9 Å². The summed E-state index contributed by atoms with van der Waals surface area (Å²) in [6, 6.07) is 10.3. The monoisotopic (exact) mass is 384 g/mol. The fourth-order valence-corrected chi connectivity index (χ4v) is 3.80. The molecule has 3 heterocycles. The van der Waals surface area contributed by atoms with E-state index in [4.69, 9.17) is 4.74 Å². The van der Waals surface area contributed by atoms with E-state index in [2.05, 4.69) is 37.7 Å². The second-order valence-corrected chi connectivity index (χ2v) is 7.51. The van der Waals surface area contributed by atoms with Gasteiger partial charge in [-0.05, 0) is 31.5 Å². The van der Waals surface area contributed by atoms with Crippen molar-refractivity contribution in [1.82, 2.24) is 25.0 Å². The lowest BCUT2D eigenvalue weighted by Gasteiger charge is -2.32. The van der Waals surface area contributed by atoms with Gasteiger partial charge in [-0.3, -0.25) is 15.0 Å². The van der Waals surface area contributed by atoms with Crippen molar-refractivity contribution in [2.24, 2.45) is 7.05 Å². The Morgan fingerprint density at radius 1 is 1.29 bits per heavy atom. The second kappa shape index (κ2) is 8.81. The van der Waals surface area contributed by atoms with Crippen molar-refractivity contribution in [2.45, 2.75) is 31.4 Å². The van der Waals surface area contributed by atoms with Crippen LogP contribution in [-0.4, -0.2) is 64.5 Å². The minimum atomic E-state index is -0.503. The maximum atomic E-state index is 12.7. The number of nitrogens with one attached hydrogen (secondary N) is 2. The smallest absolute Gasteiger partial charge is 0.257 e. The van der Waals surface area contributed by atoms with Crippen LogP contribution in [-0.2, 0) is 23.1 Å². The Hall–Kier alpha value is -2.29. The first kappa shape index (κ1) is 19.0. The number of anilines is 1. The van der Waals surface area contributed by atoms with Gasteiger partial charge in [-0.25, -0.2) is 4.68 Å². The van der Waals surface area contributed by atoms with Gasteiger partial charge in [-0.15, -0.1) is 0 Å². The van der Waals surface area contributed by atoms with Crippen LogP contribution in [0.4, 0.5) is 5.95 Å². The first-order chi connectivity index (χ1) is 13.7. The lowest BCUT2D eigenvalue weighted by Crippen LogP contribution is -2.47. The van der Waals surface area contributed by atoms with E-state index in [0.717, 1.165) is 44.8 Å². The lowest BCUT2D eigenvalue weighted by atomic mass is 9.98. The zero-order valence-electron chi connectivity index (χ0n) is 16.3. The average Bonchev–Trinajstić information content (AvgIpc) is 3.10. The molecule has 0 saturated carbocycles. The molecule has 0 aliphatic carbocycles. The van der Waals surface area contributed by atoms with Gasteiger partial charge in [0.2, 0.25) is 5.95 Å². The van der Waals surface area contributed by atoms with Crippen LogP contribution in [0, 0.1) is 0 Å². The summed E-state index contributed by atoms with van der Waals surface area (Å²) in [7, 11) is 1.82. The van der Waals surface area contributed by atoms with Gasteiger partial charge >= 0.3 is 0 Å². The molecule has 8 heteroatoms. The molecule has 2 aromatic rings. The zero-order chi connectivity index (χ0) is 19.3. The highest BCUT2D eigenvalue weighted by molar-refractivity contribution is 5.93. The Kier molecular flexibility index (Phi) is 5.99. The molecule has 0 spiro atoms. The number of carbonyl (C=O) groups excluding carboxylic acids is 1. The van der Waals surface area contributed by atoms with Gasteiger partial charge in [-0.2, -0.15) is 10.1 Å². The van der Waals surface area contributed by atoms with Crippen LogP contribution in [0.15, 0.2) is 30.3 Å². The summed E-state index contributed by atoms with van der Waals surface area (Å²) < 4.78 is 7.38. The molecular weight excluding hydrogens is 356 g/mol. The third-order valence-corrected chi connectivity index (χ3v) is 5.41. The highest BCUT2D eigenvalue weighted by Crippen LogP contribution is 2.23. The van der Waals surface area contributed by atoms with E-state index in [-0.39, 0.29) is 5.91 Å². The molecule has 1 aromatic carbocycles. The molecule has 0 bridgehead atoms. The number of benzene rings is 1. The molecule has 2 saturated heterocycles. The number of hydrogen-bond acceptors (Lipinski definition) is 6.